The largest absolute Gasteiger partial charge is 0.353 e. The first-order valence-corrected chi connectivity index (χ1v) is 9.48. The molecule has 4 rings (SSSR count). The van der Waals surface area contributed by atoms with Crippen molar-refractivity contribution in [1.29, 1.82) is 0 Å². The van der Waals surface area contributed by atoms with E-state index in [9.17, 15) is 9.59 Å². The van der Waals surface area contributed by atoms with Crippen molar-refractivity contribution in [2.24, 2.45) is 0 Å². The molecule has 2 aromatic rings. The van der Waals surface area contributed by atoms with Gasteiger partial charge < -0.3 is 10.6 Å². The summed E-state index contributed by atoms with van der Waals surface area (Å²) in [5.74, 6) is -0.0546. The van der Waals surface area contributed by atoms with E-state index in [0.717, 1.165) is 19.4 Å². The van der Waals surface area contributed by atoms with Crippen LogP contribution in [0.25, 0.3) is 10.8 Å². The molecular weight excluding hydrogens is 326 g/mol. The molecule has 5 nitrogen and oxygen atoms in total. The van der Waals surface area contributed by atoms with Crippen LogP contribution in [0.2, 0.25) is 0 Å². The van der Waals surface area contributed by atoms with Gasteiger partial charge in [-0.2, -0.15) is 0 Å². The average molecular weight is 351 g/mol. The minimum absolute atomic E-state index is 0.0136. The van der Waals surface area contributed by atoms with Crippen molar-refractivity contribution in [2.45, 2.75) is 44.3 Å². The molecule has 1 atom stereocenters. The molecule has 1 heterocycles. The van der Waals surface area contributed by atoms with E-state index in [1.165, 1.54) is 22.8 Å². The molecule has 0 bridgehead atoms. The Morgan fingerprint density at radius 3 is 2.73 bits per heavy atom. The first kappa shape index (κ1) is 17.0. The van der Waals surface area contributed by atoms with Crippen molar-refractivity contribution < 1.29 is 9.59 Å². The Kier molecular flexibility index (Phi) is 4.89. The molecule has 136 valence electrons. The van der Waals surface area contributed by atoms with Crippen molar-refractivity contribution in [2.75, 3.05) is 13.1 Å². The molecule has 2 N–H and O–H groups in total. The summed E-state index contributed by atoms with van der Waals surface area (Å²) in [7, 11) is 0. The Bertz CT molecular complexity index is 816. The van der Waals surface area contributed by atoms with E-state index in [1.54, 1.807) is 0 Å². The summed E-state index contributed by atoms with van der Waals surface area (Å²) in [6, 6.07) is 14.6. The van der Waals surface area contributed by atoms with Gasteiger partial charge in [-0.15, -0.1) is 0 Å². The molecule has 2 aliphatic rings. The molecule has 2 fully saturated rings. The molecule has 26 heavy (non-hydrogen) atoms. The van der Waals surface area contributed by atoms with Gasteiger partial charge in [-0.05, 0) is 41.7 Å². The van der Waals surface area contributed by atoms with Crippen molar-refractivity contribution >= 4 is 22.6 Å². The second kappa shape index (κ2) is 7.46. The molecule has 2 amide bonds. The predicted octanol–water partition coefficient (Wildman–Crippen LogP) is 2.20. The highest BCUT2D eigenvalue weighted by Gasteiger charge is 2.32. The molecule has 1 aliphatic carbocycles. The third-order valence-electron chi connectivity index (χ3n) is 5.49. The number of hydrogen-bond donors (Lipinski definition) is 2. The molecule has 2 aromatic carbocycles. The Hall–Kier alpha value is -2.40. The van der Waals surface area contributed by atoms with Crippen LogP contribution in [0.15, 0.2) is 42.5 Å². The summed E-state index contributed by atoms with van der Waals surface area (Å²) in [6.45, 7) is 2.08. The fourth-order valence-corrected chi connectivity index (χ4v) is 3.76. The first-order chi connectivity index (χ1) is 12.7. The van der Waals surface area contributed by atoms with E-state index in [-0.39, 0.29) is 18.2 Å². The zero-order valence-corrected chi connectivity index (χ0v) is 14.9. The molecule has 1 saturated heterocycles. The summed E-state index contributed by atoms with van der Waals surface area (Å²) in [4.78, 5) is 26.8. The van der Waals surface area contributed by atoms with E-state index in [1.807, 2.05) is 12.1 Å². The predicted molar refractivity (Wildman–Crippen MR) is 102 cm³/mol. The Morgan fingerprint density at radius 1 is 1.15 bits per heavy atom. The van der Waals surface area contributed by atoms with Gasteiger partial charge in [0.25, 0.3) is 0 Å². The highest BCUT2D eigenvalue weighted by atomic mass is 16.2. The maximum Gasteiger partial charge on any atom is 0.237 e. The van der Waals surface area contributed by atoms with E-state index >= 15 is 0 Å². The maximum absolute atomic E-state index is 12.4. The number of carbonyl (C=O) groups excluding carboxylic acids is 2. The van der Waals surface area contributed by atoms with Gasteiger partial charge in [0.1, 0.15) is 0 Å². The van der Waals surface area contributed by atoms with Gasteiger partial charge in [-0.25, -0.2) is 0 Å². The molecule has 0 aromatic heterocycles. The van der Waals surface area contributed by atoms with E-state index in [2.05, 4.69) is 45.9 Å². The fraction of sp³-hybridized carbons (Fsp3) is 0.429. The topological polar surface area (TPSA) is 61.4 Å². The Morgan fingerprint density at radius 2 is 1.96 bits per heavy atom. The van der Waals surface area contributed by atoms with Gasteiger partial charge in [0.15, 0.2) is 0 Å². The van der Waals surface area contributed by atoms with E-state index in [0.29, 0.717) is 19.1 Å². The number of fused-ring (bicyclic) bond motifs is 1. The number of rotatable bonds is 5. The molecule has 1 aliphatic heterocycles. The van der Waals surface area contributed by atoms with Crippen LogP contribution in [0.4, 0.5) is 0 Å². The lowest BCUT2D eigenvalue weighted by Crippen LogP contribution is -2.56. The minimum Gasteiger partial charge on any atom is -0.353 e. The number of carbonyl (C=O) groups is 2. The van der Waals surface area contributed by atoms with Crippen molar-refractivity contribution in [3.63, 3.8) is 0 Å². The van der Waals surface area contributed by atoms with Crippen LogP contribution in [-0.4, -0.2) is 41.9 Å². The Labute approximate surface area is 153 Å². The lowest BCUT2D eigenvalue weighted by molar-refractivity contribution is -0.134. The smallest absolute Gasteiger partial charge is 0.237 e. The van der Waals surface area contributed by atoms with Gasteiger partial charge in [0.2, 0.25) is 11.8 Å². The van der Waals surface area contributed by atoms with Gasteiger partial charge in [0.05, 0.1) is 12.5 Å². The molecule has 5 heteroatoms. The molecule has 0 radical (unpaired) electrons. The van der Waals surface area contributed by atoms with Crippen LogP contribution >= 0.6 is 0 Å². The highest BCUT2D eigenvalue weighted by Crippen LogP contribution is 2.21. The first-order valence-electron chi connectivity index (χ1n) is 9.48. The number of nitrogens with one attached hydrogen (secondary N) is 2. The van der Waals surface area contributed by atoms with Gasteiger partial charge in [-0.1, -0.05) is 36.4 Å². The van der Waals surface area contributed by atoms with Crippen LogP contribution in [0.5, 0.6) is 0 Å². The van der Waals surface area contributed by atoms with Crippen LogP contribution in [0, 0.1) is 0 Å². The quantitative estimate of drug-likeness (QED) is 0.868. The van der Waals surface area contributed by atoms with Crippen LogP contribution in [0.1, 0.15) is 31.2 Å². The van der Waals surface area contributed by atoms with E-state index < -0.39 is 6.04 Å². The van der Waals surface area contributed by atoms with Gasteiger partial charge >= 0.3 is 0 Å². The lowest BCUT2D eigenvalue weighted by atomic mass is 9.93. The number of piperazine rings is 1. The normalized spacial score (nSPS) is 21.2. The zero-order valence-electron chi connectivity index (χ0n) is 14.9. The summed E-state index contributed by atoms with van der Waals surface area (Å²) in [5, 5.41) is 8.36. The number of amides is 2. The maximum atomic E-state index is 12.4. The highest BCUT2D eigenvalue weighted by molar-refractivity contribution is 5.89. The summed E-state index contributed by atoms with van der Waals surface area (Å²) in [6.07, 6.45) is 3.53. The Balaban J connectivity index is 1.46. The standard InChI is InChI=1S/C21H25N3O2/c25-20(23-18-6-3-7-18)13-19-21(26)22-10-11-24(19)14-15-8-9-16-4-1-2-5-17(16)12-15/h1-2,4-5,8-9,12,18-19H,3,6-7,10-11,13-14H2,(H,22,26)(H,23,25). The monoisotopic (exact) mass is 351 g/mol. The second-order valence-corrected chi connectivity index (χ2v) is 7.36. The molecular formula is C21H25N3O2. The number of nitrogens with zero attached hydrogens (tertiary/aromatic N) is 1. The third kappa shape index (κ3) is 3.73. The fourth-order valence-electron chi connectivity index (χ4n) is 3.76. The van der Waals surface area contributed by atoms with Crippen LogP contribution in [0.3, 0.4) is 0 Å². The second-order valence-electron chi connectivity index (χ2n) is 7.36. The molecule has 1 unspecified atom stereocenters. The van der Waals surface area contributed by atoms with Crippen LogP contribution in [-0.2, 0) is 16.1 Å². The lowest BCUT2D eigenvalue weighted by Gasteiger charge is -2.35. The zero-order chi connectivity index (χ0) is 17.9. The van der Waals surface area contributed by atoms with Crippen LogP contribution < -0.4 is 10.6 Å². The van der Waals surface area contributed by atoms with Gasteiger partial charge in [-0.3, -0.25) is 14.5 Å². The third-order valence-corrected chi connectivity index (χ3v) is 5.49. The molecule has 1 saturated carbocycles. The van der Waals surface area contributed by atoms with E-state index in [4.69, 9.17) is 0 Å². The SMILES string of the molecule is O=C(CC1C(=O)NCCN1Cc1ccc2ccccc2c1)NC1CCC1. The summed E-state index contributed by atoms with van der Waals surface area (Å²) < 4.78 is 0. The van der Waals surface area contributed by atoms with Crippen molar-refractivity contribution in [1.82, 2.24) is 15.5 Å². The van der Waals surface area contributed by atoms with Gasteiger partial charge in [0, 0.05) is 25.7 Å². The minimum atomic E-state index is -0.393. The molecule has 0 spiro atoms. The average Bonchev–Trinajstić information content (AvgIpc) is 2.61. The number of benzene rings is 2. The van der Waals surface area contributed by atoms with Crippen molar-refractivity contribution in [3.8, 4) is 0 Å². The number of hydrogen-bond acceptors (Lipinski definition) is 3. The van der Waals surface area contributed by atoms with Crippen molar-refractivity contribution in [3.05, 3.63) is 48.0 Å². The summed E-state index contributed by atoms with van der Waals surface area (Å²) in [5.41, 5.74) is 1.17. The summed E-state index contributed by atoms with van der Waals surface area (Å²) >= 11 is 0.